The fraction of sp³-hybridized carbons (Fsp3) is 0.286. The van der Waals surface area contributed by atoms with Crippen molar-refractivity contribution in [3.63, 3.8) is 0 Å². The van der Waals surface area contributed by atoms with Crippen molar-refractivity contribution in [3.05, 3.63) is 63.5 Å². The van der Waals surface area contributed by atoms with Crippen LogP contribution in [-0.4, -0.2) is 21.9 Å². The van der Waals surface area contributed by atoms with Gasteiger partial charge in [-0.1, -0.05) is 41.6 Å². The molecule has 3 aromatic rings. The molecule has 0 fully saturated rings. The molecule has 0 unspecified atom stereocenters. The molecule has 152 valence electrons. The largest absolute Gasteiger partial charge is 0.484 e. The van der Waals surface area contributed by atoms with E-state index in [0.29, 0.717) is 21.8 Å². The minimum absolute atomic E-state index is 0.128. The molecule has 1 amide bonds. The predicted molar refractivity (Wildman–Crippen MR) is 115 cm³/mol. The number of hydrogen-bond acceptors (Lipinski definition) is 6. The molecule has 0 spiro atoms. The summed E-state index contributed by atoms with van der Waals surface area (Å²) in [5, 5.41) is 11.6. The molecular formula is C21H22ClN3O3S. The van der Waals surface area contributed by atoms with Crippen molar-refractivity contribution in [2.24, 2.45) is 0 Å². The number of thioether (sulfide) groups is 1. The summed E-state index contributed by atoms with van der Waals surface area (Å²) in [6.45, 7) is 8.01. The monoisotopic (exact) mass is 431 g/mol. The summed E-state index contributed by atoms with van der Waals surface area (Å²) in [5.41, 5.74) is 4.73. The fourth-order valence-corrected chi connectivity index (χ4v) is 3.68. The molecule has 0 radical (unpaired) electrons. The van der Waals surface area contributed by atoms with Crippen LogP contribution >= 0.6 is 23.4 Å². The number of halogens is 1. The van der Waals surface area contributed by atoms with E-state index in [-0.39, 0.29) is 18.3 Å². The van der Waals surface area contributed by atoms with Gasteiger partial charge in [-0.25, -0.2) is 0 Å². The highest BCUT2D eigenvalue weighted by molar-refractivity contribution is 7.99. The van der Waals surface area contributed by atoms with Crippen molar-refractivity contribution < 1.29 is 13.9 Å². The molecule has 0 saturated heterocycles. The normalized spacial score (nSPS) is 10.8. The second-order valence-corrected chi connectivity index (χ2v) is 8.13. The van der Waals surface area contributed by atoms with Gasteiger partial charge in [-0.3, -0.25) is 4.79 Å². The van der Waals surface area contributed by atoms with E-state index in [1.165, 1.54) is 0 Å². The molecule has 3 rings (SSSR count). The van der Waals surface area contributed by atoms with Gasteiger partial charge in [-0.05, 0) is 62.1 Å². The number of carbonyl (C=O) groups is 1. The quantitative estimate of drug-likeness (QED) is 0.513. The summed E-state index contributed by atoms with van der Waals surface area (Å²) in [7, 11) is 0. The Balaban J connectivity index is 1.52. The van der Waals surface area contributed by atoms with Crippen LogP contribution in [0.15, 0.2) is 40.0 Å². The standard InChI is InChI=1S/C21H22ClN3O3S/c1-12-5-6-14(3)17(9-12)27-10-19-24-25-21(28-19)29-11-18(26)23-20-15(4)7-13(2)8-16(20)22/h5-9H,10-11H2,1-4H3,(H,23,26). The third-order valence-electron chi connectivity index (χ3n) is 4.17. The number of aryl methyl sites for hydroxylation is 4. The lowest BCUT2D eigenvalue weighted by Gasteiger charge is -2.11. The maximum absolute atomic E-state index is 12.3. The second-order valence-electron chi connectivity index (χ2n) is 6.79. The molecule has 1 aromatic heterocycles. The summed E-state index contributed by atoms with van der Waals surface area (Å²) >= 11 is 7.39. The van der Waals surface area contributed by atoms with E-state index in [4.69, 9.17) is 20.8 Å². The molecule has 6 nitrogen and oxygen atoms in total. The lowest BCUT2D eigenvalue weighted by Crippen LogP contribution is -2.15. The van der Waals surface area contributed by atoms with Gasteiger partial charge in [0.15, 0.2) is 6.61 Å². The van der Waals surface area contributed by atoms with Crippen molar-refractivity contribution in [1.29, 1.82) is 0 Å². The number of amides is 1. The first kappa shape index (κ1) is 21.2. The summed E-state index contributed by atoms with van der Waals surface area (Å²) in [5.74, 6) is 1.06. The van der Waals surface area contributed by atoms with Crippen LogP contribution in [0.5, 0.6) is 5.75 Å². The number of nitrogens with zero attached hydrogens (tertiary/aromatic N) is 2. The van der Waals surface area contributed by atoms with E-state index in [9.17, 15) is 4.79 Å². The Morgan fingerprint density at radius 1 is 1.10 bits per heavy atom. The van der Waals surface area contributed by atoms with Gasteiger partial charge in [0.25, 0.3) is 11.1 Å². The van der Waals surface area contributed by atoms with E-state index in [2.05, 4.69) is 15.5 Å². The van der Waals surface area contributed by atoms with Crippen molar-refractivity contribution >= 4 is 35.0 Å². The number of benzene rings is 2. The van der Waals surface area contributed by atoms with Gasteiger partial charge >= 0.3 is 0 Å². The average molecular weight is 432 g/mol. The Morgan fingerprint density at radius 3 is 2.66 bits per heavy atom. The number of ether oxygens (including phenoxy) is 1. The molecule has 8 heteroatoms. The SMILES string of the molecule is Cc1cc(C)c(NC(=O)CSc2nnc(COc3cc(C)ccc3C)o2)c(Cl)c1. The summed E-state index contributed by atoms with van der Waals surface area (Å²) in [6, 6.07) is 9.77. The van der Waals surface area contributed by atoms with Crippen molar-refractivity contribution in [2.75, 3.05) is 11.1 Å². The van der Waals surface area contributed by atoms with Crippen LogP contribution in [0, 0.1) is 27.7 Å². The molecule has 29 heavy (non-hydrogen) atoms. The van der Waals surface area contributed by atoms with Crippen LogP contribution in [0.25, 0.3) is 0 Å². The van der Waals surface area contributed by atoms with Gasteiger partial charge in [0.2, 0.25) is 5.91 Å². The van der Waals surface area contributed by atoms with E-state index >= 15 is 0 Å². The molecule has 0 atom stereocenters. The lowest BCUT2D eigenvalue weighted by atomic mass is 10.1. The Bertz CT molecular complexity index is 1010. The topological polar surface area (TPSA) is 77.2 Å². The number of nitrogens with one attached hydrogen (secondary N) is 1. The molecular weight excluding hydrogens is 410 g/mol. The number of carbonyl (C=O) groups excluding carboxylic acids is 1. The van der Waals surface area contributed by atoms with Gasteiger partial charge < -0.3 is 14.5 Å². The van der Waals surface area contributed by atoms with Gasteiger partial charge in [0.1, 0.15) is 5.75 Å². The van der Waals surface area contributed by atoms with E-state index in [0.717, 1.165) is 39.8 Å². The predicted octanol–water partition coefficient (Wildman–Crippen LogP) is 5.27. The van der Waals surface area contributed by atoms with Crippen LogP contribution in [0.2, 0.25) is 5.02 Å². The molecule has 0 aliphatic rings. The molecule has 1 heterocycles. The minimum atomic E-state index is -0.199. The Kier molecular flexibility index (Phi) is 6.82. The molecule has 0 saturated carbocycles. The third kappa shape index (κ3) is 5.74. The van der Waals surface area contributed by atoms with E-state index in [1.54, 1.807) is 0 Å². The summed E-state index contributed by atoms with van der Waals surface area (Å²) < 4.78 is 11.3. The van der Waals surface area contributed by atoms with Gasteiger partial charge in [-0.15, -0.1) is 10.2 Å². The molecule has 2 aromatic carbocycles. The molecule has 0 aliphatic carbocycles. The first-order valence-electron chi connectivity index (χ1n) is 9.03. The highest BCUT2D eigenvalue weighted by Crippen LogP contribution is 2.28. The van der Waals surface area contributed by atoms with Crippen LogP contribution in [0.1, 0.15) is 28.1 Å². The van der Waals surface area contributed by atoms with Crippen LogP contribution < -0.4 is 10.1 Å². The van der Waals surface area contributed by atoms with Crippen LogP contribution in [0.4, 0.5) is 5.69 Å². The highest BCUT2D eigenvalue weighted by atomic mass is 35.5. The maximum atomic E-state index is 12.3. The number of hydrogen-bond donors (Lipinski definition) is 1. The molecule has 1 N–H and O–H groups in total. The van der Waals surface area contributed by atoms with E-state index < -0.39 is 0 Å². The zero-order valence-corrected chi connectivity index (χ0v) is 18.3. The van der Waals surface area contributed by atoms with Crippen LogP contribution in [0.3, 0.4) is 0 Å². The highest BCUT2D eigenvalue weighted by Gasteiger charge is 2.13. The Labute approximate surface area is 179 Å². The second kappa shape index (κ2) is 9.33. The van der Waals surface area contributed by atoms with Gasteiger partial charge in [0, 0.05) is 0 Å². The van der Waals surface area contributed by atoms with Gasteiger partial charge in [0.05, 0.1) is 16.5 Å². The Hall–Kier alpha value is -2.51. The van der Waals surface area contributed by atoms with Crippen molar-refractivity contribution in [2.45, 2.75) is 39.5 Å². The van der Waals surface area contributed by atoms with Crippen LogP contribution in [-0.2, 0) is 11.4 Å². The number of aromatic nitrogens is 2. The smallest absolute Gasteiger partial charge is 0.277 e. The zero-order valence-electron chi connectivity index (χ0n) is 16.7. The maximum Gasteiger partial charge on any atom is 0.277 e. The zero-order chi connectivity index (χ0) is 21.0. The molecule has 0 bridgehead atoms. The first-order valence-corrected chi connectivity index (χ1v) is 10.4. The number of rotatable bonds is 7. The fourth-order valence-electron chi connectivity index (χ4n) is 2.73. The van der Waals surface area contributed by atoms with Gasteiger partial charge in [-0.2, -0.15) is 0 Å². The lowest BCUT2D eigenvalue weighted by molar-refractivity contribution is -0.113. The average Bonchev–Trinajstić information content (AvgIpc) is 3.11. The van der Waals surface area contributed by atoms with E-state index in [1.807, 2.05) is 58.0 Å². The third-order valence-corrected chi connectivity index (χ3v) is 5.28. The van der Waals surface area contributed by atoms with Crippen molar-refractivity contribution in [1.82, 2.24) is 10.2 Å². The summed E-state index contributed by atoms with van der Waals surface area (Å²) in [6.07, 6.45) is 0. The minimum Gasteiger partial charge on any atom is -0.484 e. The van der Waals surface area contributed by atoms with Crippen molar-refractivity contribution in [3.8, 4) is 5.75 Å². The molecule has 0 aliphatic heterocycles. The Morgan fingerprint density at radius 2 is 1.90 bits per heavy atom. The summed E-state index contributed by atoms with van der Waals surface area (Å²) in [4.78, 5) is 12.3. The number of anilines is 1. The first-order chi connectivity index (χ1) is 13.8.